The molecule has 4 saturated carbocycles. The number of hydrogen-bond acceptors (Lipinski definition) is 6. The summed E-state index contributed by atoms with van der Waals surface area (Å²) in [4.78, 5) is 34.1. The second kappa shape index (κ2) is 14.1. The van der Waals surface area contributed by atoms with Gasteiger partial charge in [-0.15, -0.1) is 0 Å². The third kappa shape index (κ3) is 9.92. The standard InChI is InChI=1S/C25H38N4O5S.C2HF3O2/c26-9-5-4-8-21(24(31)32)28-35(33,34)29-22(13-17-6-2-1-3-7-17)23(30)27-25-14-18-10-19(15-25)12-20(11-18)16-25;3-2(4,5)1(6)7/h1-3,6-7,18-22,28-29H,4-5,8-16,26H2,(H,27,30)(H,31,32);(H,6,7)/t18?,19?,20?,21-,22-,25?;/m0./s1. The minimum absolute atomic E-state index is 0.121. The Morgan fingerprint density at radius 3 is 1.88 bits per heavy atom. The number of nitrogens with two attached hydrogens (primary N) is 1. The summed E-state index contributed by atoms with van der Waals surface area (Å²) in [6, 6.07) is 6.89. The fourth-order valence-corrected chi connectivity index (χ4v) is 8.01. The number of carbonyl (C=O) groups excluding carboxylic acids is 1. The van der Waals surface area contributed by atoms with E-state index in [1.807, 2.05) is 30.3 Å². The zero-order valence-electron chi connectivity index (χ0n) is 23.1. The molecule has 0 spiro atoms. The summed E-state index contributed by atoms with van der Waals surface area (Å²) in [5.41, 5.74) is 6.03. The van der Waals surface area contributed by atoms with Gasteiger partial charge in [-0.3, -0.25) is 9.59 Å². The molecule has 4 aliphatic carbocycles. The molecular weight excluding hydrogens is 581 g/mol. The molecule has 4 fully saturated rings. The number of rotatable bonds is 13. The minimum Gasteiger partial charge on any atom is -0.480 e. The first kappa shape index (κ1) is 33.7. The summed E-state index contributed by atoms with van der Waals surface area (Å²) in [7, 11) is -4.27. The number of amides is 1. The number of carboxylic acids is 2. The fourth-order valence-electron chi connectivity index (χ4n) is 6.78. The predicted molar refractivity (Wildman–Crippen MR) is 146 cm³/mol. The Morgan fingerprint density at radius 1 is 0.929 bits per heavy atom. The van der Waals surface area contributed by atoms with Crippen molar-refractivity contribution in [2.75, 3.05) is 6.54 Å². The van der Waals surface area contributed by atoms with Gasteiger partial charge >= 0.3 is 18.1 Å². The summed E-state index contributed by atoms with van der Waals surface area (Å²) in [5, 5.41) is 19.9. The molecule has 4 bridgehead atoms. The van der Waals surface area contributed by atoms with E-state index in [0.717, 1.165) is 24.8 Å². The Bertz CT molecular complexity index is 1160. The number of carboxylic acid groups (broad SMARTS) is 2. The van der Waals surface area contributed by atoms with Crippen molar-refractivity contribution in [2.24, 2.45) is 23.5 Å². The first-order chi connectivity index (χ1) is 19.6. The van der Waals surface area contributed by atoms with Crippen molar-refractivity contribution in [1.82, 2.24) is 14.8 Å². The largest absolute Gasteiger partial charge is 0.490 e. The molecule has 0 aromatic heterocycles. The van der Waals surface area contributed by atoms with Crippen LogP contribution in [0.4, 0.5) is 13.2 Å². The average molecular weight is 621 g/mol. The highest BCUT2D eigenvalue weighted by molar-refractivity contribution is 7.87. The molecule has 2 atom stereocenters. The Hall–Kier alpha value is -2.75. The van der Waals surface area contributed by atoms with Crippen LogP contribution in [0.3, 0.4) is 0 Å². The lowest BCUT2D eigenvalue weighted by atomic mass is 9.53. The average Bonchev–Trinajstić information content (AvgIpc) is 2.87. The number of alkyl halides is 3. The number of hydrogen-bond donors (Lipinski definition) is 6. The molecule has 1 amide bonds. The molecular formula is C27H39F3N4O7S. The van der Waals surface area contributed by atoms with Crippen LogP contribution in [-0.4, -0.2) is 66.8 Å². The molecule has 0 aliphatic heterocycles. The molecule has 236 valence electrons. The molecule has 15 heteroatoms. The molecule has 7 N–H and O–H groups in total. The number of nitrogens with one attached hydrogen (secondary N) is 3. The fraction of sp³-hybridized carbons (Fsp3) is 0.667. The number of unbranched alkanes of at least 4 members (excludes halogenated alkanes) is 1. The smallest absolute Gasteiger partial charge is 0.480 e. The summed E-state index contributed by atoms with van der Waals surface area (Å²) >= 11 is 0. The van der Waals surface area contributed by atoms with Crippen molar-refractivity contribution in [2.45, 2.75) is 88.0 Å². The topological polar surface area (TPSA) is 188 Å². The van der Waals surface area contributed by atoms with E-state index in [4.69, 9.17) is 15.6 Å². The maximum Gasteiger partial charge on any atom is 0.490 e. The van der Waals surface area contributed by atoms with E-state index in [0.29, 0.717) is 37.1 Å². The van der Waals surface area contributed by atoms with Gasteiger partial charge in [0.1, 0.15) is 12.1 Å². The first-order valence-corrected chi connectivity index (χ1v) is 15.5. The van der Waals surface area contributed by atoms with Crippen molar-refractivity contribution in [1.29, 1.82) is 0 Å². The lowest BCUT2D eigenvalue weighted by Gasteiger charge is -2.57. The molecule has 5 rings (SSSR count). The highest BCUT2D eigenvalue weighted by Crippen LogP contribution is 2.55. The van der Waals surface area contributed by atoms with E-state index in [-0.39, 0.29) is 24.3 Å². The third-order valence-corrected chi connectivity index (χ3v) is 9.30. The van der Waals surface area contributed by atoms with Crippen LogP contribution >= 0.6 is 0 Å². The first-order valence-electron chi connectivity index (χ1n) is 14.0. The quantitative estimate of drug-likeness (QED) is 0.181. The van der Waals surface area contributed by atoms with Crippen LogP contribution in [0.1, 0.15) is 63.4 Å². The van der Waals surface area contributed by atoms with Crippen LogP contribution in [0.5, 0.6) is 0 Å². The van der Waals surface area contributed by atoms with Crippen molar-refractivity contribution >= 4 is 28.1 Å². The Balaban J connectivity index is 0.000000616. The van der Waals surface area contributed by atoms with E-state index in [2.05, 4.69) is 14.8 Å². The van der Waals surface area contributed by atoms with Gasteiger partial charge in [0.05, 0.1) is 0 Å². The summed E-state index contributed by atoms with van der Waals surface area (Å²) in [6.45, 7) is 0.404. The van der Waals surface area contributed by atoms with Crippen LogP contribution < -0.4 is 20.5 Å². The van der Waals surface area contributed by atoms with Crippen LogP contribution in [0.2, 0.25) is 0 Å². The summed E-state index contributed by atoms with van der Waals surface area (Å²) in [5.74, 6) is -2.46. The molecule has 0 radical (unpaired) electrons. The molecule has 42 heavy (non-hydrogen) atoms. The second-order valence-electron chi connectivity index (χ2n) is 11.6. The zero-order valence-corrected chi connectivity index (χ0v) is 23.9. The number of halogens is 3. The normalized spacial score (nSPS) is 26.0. The van der Waals surface area contributed by atoms with Crippen molar-refractivity contribution in [3.63, 3.8) is 0 Å². The Kier molecular flexibility index (Phi) is 11.4. The number of aliphatic carboxylic acids is 2. The third-order valence-electron chi connectivity index (χ3n) is 8.11. The monoisotopic (exact) mass is 620 g/mol. The van der Waals surface area contributed by atoms with E-state index < -0.39 is 40.4 Å². The molecule has 0 heterocycles. The van der Waals surface area contributed by atoms with Gasteiger partial charge in [-0.25, -0.2) is 4.79 Å². The minimum atomic E-state index is -5.08. The van der Waals surface area contributed by atoms with E-state index in [9.17, 15) is 36.3 Å². The van der Waals surface area contributed by atoms with Crippen molar-refractivity contribution < 1.29 is 46.2 Å². The van der Waals surface area contributed by atoms with Crippen LogP contribution in [0.15, 0.2) is 30.3 Å². The van der Waals surface area contributed by atoms with Gasteiger partial charge in [0.25, 0.3) is 10.2 Å². The van der Waals surface area contributed by atoms with Crippen molar-refractivity contribution in [3.05, 3.63) is 35.9 Å². The highest BCUT2D eigenvalue weighted by atomic mass is 32.2. The van der Waals surface area contributed by atoms with Crippen LogP contribution in [0, 0.1) is 17.8 Å². The maximum atomic E-state index is 13.5. The zero-order chi connectivity index (χ0) is 31.1. The summed E-state index contributed by atoms with van der Waals surface area (Å²) in [6.07, 6.45) is 2.86. The SMILES string of the molecule is NCCCC[C@H](NS(=O)(=O)N[C@@H](Cc1ccccc1)C(=O)NC12CC3CC(CC(C3)C1)C2)C(=O)O.O=C(O)C(F)(F)F. The van der Waals surface area contributed by atoms with E-state index in [1.54, 1.807) is 0 Å². The second-order valence-corrected chi connectivity index (χ2v) is 13.1. The molecule has 1 aromatic carbocycles. The Morgan fingerprint density at radius 2 is 1.43 bits per heavy atom. The van der Waals surface area contributed by atoms with Crippen LogP contribution in [0.25, 0.3) is 0 Å². The van der Waals surface area contributed by atoms with Gasteiger partial charge in [0.2, 0.25) is 5.91 Å². The molecule has 4 aliphatic rings. The van der Waals surface area contributed by atoms with Gasteiger partial charge in [0.15, 0.2) is 0 Å². The van der Waals surface area contributed by atoms with E-state index >= 15 is 0 Å². The highest BCUT2D eigenvalue weighted by Gasteiger charge is 2.52. The molecule has 0 saturated heterocycles. The molecule has 0 unspecified atom stereocenters. The number of carbonyl (C=O) groups is 3. The van der Waals surface area contributed by atoms with Gasteiger partial charge in [-0.05, 0) is 87.6 Å². The molecule has 1 aromatic rings. The lowest BCUT2D eigenvalue weighted by molar-refractivity contribution is -0.192. The lowest BCUT2D eigenvalue weighted by Crippen LogP contribution is -2.63. The van der Waals surface area contributed by atoms with Crippen LogP contribution in [-0.2, 0) is 31.0 Å². The molecule has 11 nitrogen and oxygen atoms in total. The van der Waals surface area contributed by atoms with E-state index in [1.165, 1.54) is 19.3 Å². The predicted octanol–water partition coefficient (Wildman–Crippen LogP) is 2.32. The Labute approximate surface area is 243 Å². The number of benzene rings is 1. The summed E-state index contributed by atoms with van der Waals surface area (Å²) < 4.78 is 62.3. The van der Waals surface area contributed by atoms with Gasteiger partial charge < -0.3 is 21.3 Å². The van der Waals surface area contributed by atoms with Gasteiger partial charge in [-0.1, -0.05) is 36.8 Å². The van der Waals surface area contributed by atoms with Gasteiger partial charge in [-0.2, -0.15) is 31.0 Å². The van der Waals surface area contributed by atoms with Crippen molar-refractivity contribution in [3.8, 4) is 0 Å². The maximum absolute atomic E-state index is 13.5. The van der Waals surface area contributed by atoms with Gasteiger partial charge in [0, 0.05) is 5.54 Å².